The number of hydrogen-bond acceptors (Lipinski definition) is 2. The van der Waals surface area contributed by atoms with Gasteiger partial charge in [0, 0.05) is 23.5 Å². The fraction of sp³-hybridized carbons (Fsp3) is 0.125. The van der Waals surface area contributed by atoms with Gasteiger partial charge in [0.1, 0.15) is 17.5 Å². The summed E-state index contributed by atoms with van der Waals surface area (Å²) >= 11 is 3.10. The molecule has 0 bridgehead atoms. The standard InChI is InChI=1S/C16H12BrF3N2O2/c17-9-1-4-14(13(20)7-9)22-15(23)5-6-21-16(24)11-3-2-10(18)8-12(11)19/h1-4,7-8H,5-6H2,(H,21,24)(H,22,23). The summed E-state index contributed by atoms with van der Waals surface area (Å²) in [6.45, 7) is -0.0837. The second kappa shape index (κ2) is 7.96. The average Bonchev–Trinajstić information content (AvgIpc) is 2.50. The Labute approximate surface area is 144 Å². The van der Waals surface area contributed by atoms with Crippen LogP contribution < -0.4 is 10.6 Å². The third-order valence-electron chi connectivity index (χ3n) is 3.02. The van der Waals surface area contributed by atoms with Crippen LogP contribution in [0.5, 0.6) is 0 Å². The van der Waals surface area contributed by atoms with Gasteiger partial charge in [-0.05, 0) is 30.3 Å². The smallest absolute Gasteiger partial charge is 0.254 e. The molecule has 2 rings (SSSR count). The molecule has 0 heterocycles. The highest BCUT2D eigenvalue weighted by atomic mass is 79.9. The molecule has 8 heteroatoms. The highest BCUT2D eigenvalue weighted by molar-refractivity contribution is 9.10. The molecular weight excluding hydrogens is 389 g/mol. The quantitative estimate of drug-likeness (QED) is 0.804. The van der Waals surface area contributed by atoms with Crippen LogP contribution in [0.25, 0.3) is 0 Å². The summed E-state index contributed by atoms with van der Waals surface area (Å²) in [7, 11) is 0. The maximum atomic E-state index is 13.6. The molecule has 2 amide bonds. The van der Waals surface area contributed by atoms with Gasteiger partial charge in [-0.25, -0.2) is 13.2 Å². The number of halogens is 4. The van der Waals surface area contributed by atoms with Gasteiger partial charge in [-0.1, -0.05) is 15.9 Å². The van der Waals surface area contributed by atoms with Crippen LogP contribution in [0.3, 0.4) is 0 Å². The normalized spacial score (nSPS) is 10.3. The van der Waals surface area contributed by atoms with Crippen molar-refractivity contribution in [2.75, 3.05) is 11.9 Å². The Morgan fingerprint density at radius 1 is 1.00 bits per heavy atom. The van der Waals surface area contributed by atoms with Gasteiger partial charge in [0.2, 0.25) is 5.91 Å². The Hall–Kier alpha value is -2.35. The van der Waals surface area contributed by atoms with Crippen LogP contribution >= 0.6 is 15.9 Å². The van der Waals surface area contributed by atoms with Crippen molar-refractivity contribution in [3.8, 4) is 0 Å². The number of anilines is 1. The van der Waals surface area contributed by atoms with Crippen molar-refractivity contribution in [2.24, 2.45) is 0 Å². The van der Waals surface area contributed by atoms with E-state index in [0.717, 1.165) is 12.1 Å². The summed E-state index contributed by atoms with van der Waals surface area (Å²) in [6.07, 6.45) is -0.135. The van der Waals surface area contributed by atoms with Crippen LogP contribution in [0, 0.1) is 17.5 Å². The Morgan fingerprint density at radius 2 is 1.75 bits per heavy atom. The number of amides is 2. The minimum atomic E-state index is -0.992. The third-order valence-corrected chi connectivity index (χ3v) is 3.51. The summed E-state index contributed by atoms with van der Waals surface area (Å²) in [6, 6.07) is 6.73. The van der Waals surface area contributed by atoms with Crippen molar-refractivity contribution in [1.29, 1.82) is 0 Å². The topological polar surface area (TPSA) is 58.2 Å². The van der Waals surface area contributed by atoms with E-state index in [1.54, 1.807) is 6.07 Å². The average molecular weight is 401 g/mol. The summed E-state index contributed by atoms with van der Waals surface area (Å²) in [5.74, 6) is -3.67. The van der Waals surface area contributed by atoms with Crippen molar-refractivity contribution in [3.05, 3.63) is 63.9 Å². The maximum Gasteiger partial charge on any atom is 0.254 e. The molecular formula is C16H12BrF3N2O2. The summed E-state index contributed by atoms with van der Waals surface area (Å²) in [4.78, 5) is 23.5. The van der Waals surface area contributed by atoms with E-state index >= 15 is 0 Å². The number of nitrogens with one attached hydrogen (secondary N) is 2. The van der Waals surface area contributed by atoms with Crippen LogP contribution in [0.1, 0.15) is 16.8 Å². The van der Waals surface area contributed by atoms with Gasteiger partial charge in [0.25, 0.3) is 5.91 Å². The highest BCUT2D eigenvalue weighted by Gasteiger charge is 2.13. The third kappa shape index (κ3) is 4.82. The van der Waals surface area contributed by atoms with Crippen molar-refractivity contribution in [3.63, 3.8) is 0 Å². The summed E-state index contributed by atoms with van der Waals surface area (Å²) in [5, 5.41) is 4.70. The predicted octanol–water partition coefficient (Wildman–Crippen LogP) is 3.63. The number of rotatable bonds is 5. The lowest BCUT2D eigenvalue weighted by Gasteiger charge is -2.08. The zero-order valence-corrected chi connectivity index (χ0v) is 13.8. The molecule has 0 aliphatic heterocycles. The molecule has 0 aliphatic carbocycles. The number of carbonyl (C=O) groups is 2. The lowest BCUT2D eigenvalue weighted by atomic mass is 10.2. The first-order valence-electron chi connectivity index (χ1n) is 6.85. The van der Waals surface area contributed by atoms with Crippen LogP contribution in [-0.4, -0.2) is 18.4 Å². The van der Waals surface area contributed by atoms with Crippen molar-refractivity contribution >= 4 is 33.4 Å². The first kappa shape index (κ1) is 18.0. The highest BCUT2D eigenvalue weighted by Crippen LogP contribution is 2.19. The zero-order valence-electron chi connectivity index (χ0n) is 12.2. The molecule has 0 unspecified atom stereocenters. The van der Waals surface area contributed by atoms with Crippen molar-refractivity contribution in [2.45, 2.75) is 6.42 Å². The minimum absolute atomic E-state index is 0.0131. The molecule has 24 heavy (non-hydrogen) atoms. The Bertz CT molecular complexity index is 784. The van der Waals surface area contributed by atoms with Gasteiger partial charge in [-0.3, -0.25) is 9.59 Å². The van der Waals surface area contributed by atoms with Crippen LogP contribution in [0.4, 0.5) is 18.9 Å². The van der Waals surface area contributed by atoms with Crippen LogP contribution in [0.2, 0.25) is 0 Å². The van der Waals surface area contributed by atoms with Gasteiger partial charge >= 0.3 is 0 Å². The Kier molecular flexibility index (Phi) is 5.97. The molecule has 0 fully saturated rings. The molecule has 0 aromatic heterocycles. The number of benzene rings is 2. The molecule has 126 valence electrons. The Morgan fingerprint density at radius 3 is 2.42 bits per heavy atom. The van der Waals surface area contributed by atoms with Crippen LogP contribution in [-0.2, 0) is 4.79 Å². The monoisotopic (exact) mass is 400 g/mol. The second-order valence-corrected chi connectivity index (χ2v) is 5.72. The lowest BCUT2D eigenvalue weighted by molar-refractivity contribution is -0.116. The SMILES string of the molecule is O=C(CCNC(=O)c1ccc(F)cc1F)Nc1ccc(Br)cc1F. The summed E-state index contributed by atoms with van der Waals surface area (Å²) < 4.78 is 40.3. The van der Waals surface area contributed by atoms with E-state index in [9.17, 15) is 22.8 Å². The molecule has 0 atom stereocenters. The van der Waals surface area contributed by atoms with E-state index in [4.69, 9.17) is 0 Å². The largest absolute Gasteiger partial charge is 0.351 e. The minimum Gasteiger partial charge on any atom is -0.351 e. The molecule has 0 aliphatic rings. The van der Waals surface area contributed by atoms with Gasteiger partial charge in [-0.15, -0.1) is 0 Å². The number of hydrogen-bond donors (Lipinski definition) is 2. The molecule has 0 radical (unpaired) electrons. The molecule has 2 N–H and O–H groups in total. The van der Waals surface area contributed by atoms with E-state index in [1.807, 2.05) is 0 Å². The molecule has 0 saturated heterocycles. The predicted molar refractivity (Wildman–Crippen MR) is 86.0 cm³/mol. The van der Waals surface area contributed by atoms with E-state index in [0.29, 0.717) is 10.5 Å². The van der Waals surface area contributed by atoms with Crippen molar-refractivity contribution < 1.29 is 22.8 Å². The van der Waals surface area contributed by atoms with Gasteiger partial charge in [-0.2, -0.15) is 0 Å². The van der Waals surface area contributed by atoms with Crippen LogP contribution in [0.15, 0.2) is 40.9 Å². The van der Waals surface area contributed by atoms with E-state index in [-0.39, 0.29) is 24.2 Å². The van der Waals surface area contributed by atoms with Gasteiger partial charge in [0.15, 0.2) is 0 Å². The fourth-order valence-corrected chi connectivity index (χ4v) is 2.20. The molecule has 2 aromatic carbocycles. The lowest BCUT2D eigenvalue weighted by Crippen LogP contribution is -2.28. The first-order valence-corrected chi connectivity index (χ1v) is 7.64. The number of carbonyl (C=O) groups excluding carboxylic acids is 2. The molecule has 0 saturated carbocycles. The maximum absolute atomic E-state index is 13.6. The van der Waals surface area contributed by atoms with E-state index < -0.39 is 29.3 Å². The van der Waals surface area contributed by atoms with Gasteiger partial charge < -0.3 is 10.6 Å². The molecule has 4 nitrogen and oxygen atoms in total. The first-order chi connectivity index (χ1) is 11.4. The van der Waals surface area contributed by atoms with E-state index in [1.165, 1.54) is 12.1 Å². The Balaban J connectivity index is 1.85. The zero-order chi connectivity index (χ0) is 17.7. The van der Waals surface area contributed by atoms with Gasteiger partial charge in [0.05, 0.1) is 11.3 Å². The van der Waals surface area contributed by atoms with Crippen molar-refractivity contribution in [1.82, 2.24) is 5.32 Å². The summed E-state index contributed by atoms with van der Waals surface area (Å²) in [5.41, 5.74) is -0.310. The molecule has 2 aromatic rings. The second-order valence-electron chi connectivity index (χ2n) is 4.80. The molecule has 0 spiro atoms. The fourth-order valence-electron chi connectivity index (χ4n) is 1.86. The van der Waals surface area contributed by atoms with E-state index in [2.05, 4.69) is 26.6 Å².